The van der Waals surface area contributed by atoms with Gasteiger partial charge in [0.2, 0.25) is 0 Å². The molecule has 0 radical (unpaired) electrons. The second kappa shape index (κ2) is 12.3. The first-order valence-electron chi connectivity index (χ1n) is 10.8. The third kappa shape index (κ3) is 7.36. The second-order valence-corrected chi connectivity index (χ2v) is 8.78. The number of hydrogen-bond acceptors (Lipinski definition) is 2. The SMILES string of the molecule is CCC/C1=C(/C)CCC=C(Cl)C=C1.COc1cc2c(cc1F)/C(C)=N\C(Cl)=C\CC2C. The molecule has 1 aromatic rings. The molecule has 5 heteroatoms. The van der Waals surface area contributed by atoms with Crippen LogP contribution in [-0.2, 0) is 0 Å². The molecule has 1 atom stereocenters. The van der Waals surface area contributed by atoms with E-state index >= 15 is 0 Å². The summed E-state index contributed by atoms with van der Waals surface area (Å²) in [6.07, 6.45) is 13.5. The van der Waals surface area contributed by atoms with Crippen LogP contribution < -0.4 is 4.74 Å². The molecule has 2 aliphatic rings. The first-order valence-corrected chi connectivity index (χ1v) is 11.5. The molecule has 1 aliphatic carbocycles. The maximum atomic E-state index is 13.8. The third-order valence-corrected chi connectivity index (χ3v) is 6.05. The molecule has 31 heavy (non-hydrogen) atoms. The van der Waals surface area contributed by atoms with E-state index in [2.05, 4.69) is 37.9 Å². The Bertz CT molecular complexity index is 941. The zero-order valence-electron chi connectivity index (χ0n) is 19.1. The number of halogens is 3. The van der Waals surface area contributed by atoms with Gasteiger partial charge < -0.3 is 4.74 Å². The Morgan fingerprint density at radius 2 is 1.90 bits per heavy atom. The van der Waals surface area contributed by atoms with Crippen LogP contribution in [0.15, 0.2) is 62.8 Å². The number of fused-ring (bicyclic) bond motifs is 1. The van der Waals surface area contributed by atoms with Gasteiger partial charge >= 0.3 is 0 Å². The summed E-state index contributed by atoms with van der Waals surface area (Å²) in [5, 5.41) is 1.34. The molecule has 2 nitrogen and oxygen atoms in total. The van der Waals surface area contributed by atoms with Crippen molar-refractivity contribution >= 4 is 28.9 Å². The molecular formula is C26H32Cl2FNO. The Hall–Kier alpha value is -1.84. The Balaban J connectivity index is 0.000000233. The molecule has 0 spiro atoms. The van der Waals surface area contributed by atoms with Gasteiger partial charge in [0.25, 0.3) is 0 Å². The highest BCUT2D eigenvalue weighted by atomic mass is 35.5. The van der Waals surface area contributed by atoms with Crippen molar-refractivity contribution in [2.75, 3.05) is 7.11 Å². The summed E-state index contributed by atoms with van der Waals surface area (Å²) >= 11 is 11.9. The van der Waals surface area contributed by atoms with Gasteiger partial charge in [-0.1, -0.05) is 61.2 Å². The second-order valence-electron chi connectivity index (χ2n) is 7.95. The summed E-state index contributed by atoms with van der Waals surface area (Å²) in [7, 11) is 1.47. The lowest BCUT2D eigenvalue weighted by Crippen LogP contribution is -2.08. The van der Waals surface area contributed by atoms with Crippen molar-refractivity contribution < 1.29 is 9.13 Å². The van der Waals surface area contributed by atoms with Gasteiger partial charge in [-0.05, 0) is 80.9 Å². The van der Waals surface area contributed by atoms with E-state index in [1.165, 1.54) is 37.2 Å². The fraction of sp³-hybridized carbons (Fsp3) is 0.423. The normalized spacial score (nSPS) is 24.5. The van der Waals surface area contributed by atoms with Gasteiger partial charge in [-0.3, -0.25) is 0 Å². The van der Waals surface area contributed by atoms with E-state index in [0.717, 1.165) is 41.1 Å². The van der Waals surface area contributed by atoms with E-state index in [9.17, 15) is 4.39 Å². The van der Waals surface area contributed by atoms with Gasteiger partial charge in [-0.25, -0.2) is 9.38 Å². The molecule has 0 saturated heterocycles. The van der Waals surface area contributed by atoms with Crippen LogP contribution in [0.25, 0.3) is 0 Å². The van der Waals surface area contributed by atoms with Gasteiger partial charge in [0.05, 0.1) is 7.11 Å². The monoisotopic (exact) mass is 463 g/mol. The summed E-state index contributed by atoms with van der Waals surface area (Å²) in [6.45, 7) is 8.35. The van der Waals surface area contributed by atoms with Crippen molar-refractivity contribution in [2.45, 2.75) is 65.7 Å². The molecule has 3 rings (SSSR count). The summed E-state index contributed by atoms with van der Waals surface area (Å²) < 4.78 is 18.8. The number of aliphatic imine (C=N–C) groups is 1. The largest absolute Gasteiger partial charge is 0.494 e. The Kier molecular flexibility index (Phi) is 10.1. The van der Waals surface area contributed by atoms with Gasteiger partial charge in [0.15, 0.2) is 11.6 Å². The quantitative estimate of drug-likeness (QED) is 0.410. The molecule has 168 valence electrons. The van der Waals surface area contributed by atoms with E-state index in [1.54, 1.807) is 6.07 Å². The van der Waals surface area contributed by atoms with E-state index in [4.69, 9.17) is 27.9 Å². The van der Waals surface area contributed by atoms with Gasteiger partial charge in [0.1, 0.15) is 5.16 Å². The molecule has 1 aromatic carbocycles. The standard InChI is InChI=1S/C14H15ClFNO.C12H17Cl/c1-8-4-5-14(15)17-9(2)11-6-12(16)13(18-3)7-10(8)11;1-3-5-11-8-9-12(13)7-4-6-10(11)2/h5-8H,4H2,1-3H3;7-9H,3-6H2,1-2H3/b14-5+,17-9-;9-8?,11-10+,12-7?. The Labute approximate surface area is 196 Å². The number of rotatable bonds is 3. The predicted molar refractivity (Wildman–Crippen MR) is 132 cm³/mol. The zero-order chi connectivity index (χ0) is 23.0. The summed E-state index contributed by atoms with van der Waals surface area (Å²) in [5.74, 6) is 0.136. The van der Waals surface area contributed by atoms with Crippen LogP contribution in [-0.4, -0.2) is 12.8 Å². The van der Waals surface area contributed by atoms with E-state index in [-0.39, 0.29) is 17.5 Å². The minimum atomic E-state index is -0.376. The number of allylic oxidation sites excluding steroid dienone is 7. The van der Waals surface area contributed by atoms with Crippen LogP contribution >= 0.6 is 23.2 Å². The van der Waals surface area contributed by atoms with Crippen molar-refractivity contribution in [3.8, 4) is 5.75 Å². The summed E-state index contributed by atoms with van der Waals surface area (Å²) in [5.41, 5.74) is 5.54. The number of nitrogens with zero attached hydrogens (tertiary/aromatic N) is 1. The third-order valence-electron chi connectivity index (χ3n) is 5.53. The molecule has 0 aromatic heterocycles. The minimum Gasteiger partial charge on any atom is -0.494 e. The lowest BCUT2D eigenvalue weighted by Gasteiger charge is -2.19. The average molecular weight is 464 g/mol. The van der Waals surface area contributed by atoms with Gasteiger partial charge in [-0.2, -0.15) is 0 Å². The first kappa shape index (κ1) is 25.4. The molecule has 1 unspecified atom stereocenters. The number of hydrogen-bond donors (Lipinski definition) is 0. The lowest BCUT2D eigenvalue weighted by molar-refractivity contribution is 0.385. The molecule has 0 amide bonds. The molecule has 0 saturated carbocycles. The molecule has 0 fully saturated rings. The maximum absolute atomic E-state index is 13.8. The molecule has 0 N–H and O–H groups in total. The number of methoxy groups -OCH3 is 1. The van der Waals surface area contributed by atoms with Crippen molar-refractivity contribution in [3.63, 3.8) is 0 Å². The van der Waals surface area contributed by atoms with E-state index in [1.807, 2.05) is 19.1 Å². The number of benzene rings is 1. The van der Waals surface area contributed by atoms with Crippen LogP contribution in [0.5, 0.6) is 5.75 Å². The highest BCUT2D eigenvalue weighted by Gasteiger charge is 2.18. The molecule has 0 bridgehead atoms. The van der Waals surface area contributed by atoms with Crippen LogP contribution in [0, 0.1) is 5.82 Å². The fourth-order valence-electron chi connectivity index (χ4n) is 3.66. The van der Waals surface area contributed by atoms with Gasteiger partial charge in [-0.15, -0.1) is 0 Å². The highest BCUT2D eigenvalue weighted by Crippen LogP contribution is 2.32. The van der Waals surface area contributed by atoms with Crippen molar-refractivity contribution in [1.82, 2.24) is 0 Å². The first-order chi connectivity index (χ1) is 14.8. The van der Waals surface area contributed by atoms with E-state index in [0.29, 0.717) is 5.16 Å². The number of ether oxygens (including phenoxy) is 1. The maximum Gasteiger partial charge on any atom is 0.165 e. The Morgan fingerprint density at radius 3 is 2.58 bits per heavy atom. The van der Waals surface area contributed by atoms with Crippen LogP contribution in [0.2, 0.25) is 0 Å². The van der Waals surface area contributed by atoms with Crippen molar-refractivity contribution in [3.05, 3.63) is 74.7 Å². The predicted octanol–water partition coefficient (Wildman–Crippen LogP) is 8.81. The summed E-state index contributed by atoms with van der Waals surface area (Å²) in [6, 6.07) is 3.22. The van der Waals surface area contributed by atoms with Crippen LogP contribution in [0.4, 0.5) is 4.39 Å². The van der Waals surface area contributed by atoms with E-state index < -0.39 is 0 Å². The van der Waals surface area contributed by atoms with Crippen LogP contribution in [0.1, 0.15) is 76.8 Å². The smallest absolute Gasteiger partial charge is 0.165 e. The minimum absolute atomic E-state index is 0.244. The highest BCUT2D eigenvalue weighted by molar-refractivity contribution is 6.31. The summed E-state index contributed by atoms with van der Waals surface area (Å²) in [4.78, 5) is 4.24. The molecule has 1 aliphatic heterocycles. The zero-order valence-corrected chi connectivity index (χ0v) is 20.6. The fourth-order valence-corrected chi connectivity index (χ4v) is 4.05. The lowest BCUT2D eigenvalue weighted by atomic mass is 9.90. The van der Waals surface area contributed by atoms with Crippen molar-refractivity contribution in [1.29, 1.82) is 0 Å². The molecule has 1 heterocycles. The Morgan fingerprint density at radius 1 is 1.16 bits per heavy atom. The van der Waals surface area contributed by atoms with Crippen molar-refractivity contribution in [2.24, 2.45) is 4.99 Å². The van der Waals surface area contributed by atoms with Gasteiger partial charge in [0, 0.05) is 16.3 Å². The average Bonchev–Trinajstić information content (AvgIpc) is 2.73. The molecular weight excluding hydrogens is 432 g/mol. The topological polar surface area (TPSA) is 21.6 Å². The van der Waals surface area contributed by atoms with Crippen LogP contribution in [0.3, 0.4) is 0 Å².